The largest absolute Gasteiger partial charge is 0.360 e. The molecule has 0 spiro atoms. The second-order valence-corrected chi connectivity index (χ2v) is 10.8. The summed E-state index contributed by atoms with van der Waals surface area (Å²) >= 11 is 6.33. The number of carbonyl (C=O) groups is 1. The number of nitrogens with one attached hydrogen (secondary N) is 1. The summed E-state index contributed by atoms with van der Waals surface area (Å²) < 4.78 is 0. The van der Waals surface area contributed by atoms with Crippen LogP contribution < -0.4 is 5.32 Å². The van der Waals surface area contributed by atoms with E-state index in [9.17, 15) is 14.9 Å². The van der Waals surface area contributed by atoms with E-state index < -0.39 is 4.92 Å². The predicted molar refractivity (Wildman–Crippen MR) is 165 cm³/mol. The van der Waals surface area contributed by atoms with E-state index in [1.807, 2.05) is 48.7 Å². The molecule has 1 unspecified atom stereocenters. The van der Waals surface area contributed by atoms with E-state index in [2.05, 4.69) is 34.6 Å². The van der Waals surface area contributed by atoms with Crippen LogP contribution in [0.4, 0.5) is 17.1 Å². The highest BCUT2D eigenvalue weighted by Gasteiger charge is 2.34. The molecule has 0 radical (unpaired) electrons. The van der Waals surface area contributed by atoms with Crippen molar-refractivity contribution in [3.05, 3.63) is 134 Å². The molecule has 0 bridgehead atoms. The summed E-state index contributed by atoms with van der Waals surface area (Å²) in [5, 5.41) is 14.3. The van der Waals surface area contributed by atoms with Crippen LogP contribution in [-0.4, -0.2) is 16.9 Å². The van der Waals surface area contributed by atoms with Crippen LogP contribution in [0.3, 0.4) is 0 Å². The smallest absolute Gasteiger partial charge is 0.270 e. The molecule has 0 saturated heterocycles. The lowest BCUT2D eigenvalue weighted by atomic mass is 9.71. The molecule has 7 heteroatoms. The molecule has 3 aliphatic rings. The van der Waals surface area contributed by atoms with E-state index in [0.29, 0.717) is 12.0 Å². The SMILES string of the molecule is C1=CNc2ccccc2N=C1.O=C(c1ccc([N+](=O)[O-])cc1Cl)C1Cc2ccccc2-c2ccc3c(c21)CCCC3. The fourth-order valence-electron chi connectivity index (χ4n) is 6.01. The highest BCUT2D eigenvalue weighted by molar-refractivity contribution is 6.34. The van der Waals surface area contributed by atoms with Crippen molar-refractivity contribution in [2.24, 2.45) is 4.99 Å². The molecule has 4 aromatic rings. The van der Waals surface area contributed by atoms with E-state index >= 15 is 0 Å². The first-order chi connectivity index (χ1) is 20.0. The van der Waals surface area contributed by atoms with Crippen LogP contribution in [0, 0.1) is 10.1 Å². The molecule has 2 aliphatic carbocycles. The fraction of sp³-hybridized carbons (Fsp3) is 0.176. The van der Waals surface area contributed by atoms with E-state index in [1.165, 1.54) is 41.3 Å². The van der Waals surface area contributed by atoms with Gasteiger partial charge in [-0.3, -0.25) is 19.9 Å². The van der Waals surface area contributed by atoms with E-state index in [0.717, 1.165) is 47.3 Å². The quantitative estimate of drug-likeness (QED) is 0.154. The van der Waals surface area contributed by atoms with Gasteiger partial charge in [0.15, 0.2) is 5.78 Å². The average molecular weight is 562 g/mol. The van der Waals surface area contributed by atoms with Crippen molar-refractivity contribution in [1.29, 1.82) is 0 Å². The van der Waals surface area contributed by atoms with Crippen LogP contribution in [-0.2, 0) is 19.3 Å². The van der Waals surface area contributed by atoms with Gasteiger partial charge in [0, 0.05) is 30.1 Å². The molecule has 1 atom stereocenters. The van der Waals surface area contributed by atoms with Gasteiger partial charge >= 0.3 is 0 Å². The molecule has 7 rings (SSSR count). The van der Waals surface area contributed by atoms with Gasteiger partial charge < -0.3 is 5.32 Å². The number of fused-ring (bicyclic) bond motifs is 6. The molecule has 1 N–H and O–H groups in total. The van der Waals surface area contributed by atoms with Crippen molar-refractivity contribution in [3.63, 3.8) is 0 Å². The molecule has 4 aromatic carbocycles. The van der Waals surface area contributed by atoms with Crippen molar-refractivity contribution in [2.75, 3.05) is 5.32 Å². The molecular formula is C34H28ClN3O3. The number of hydrogen-bond donors (Lipinski definition) is 1. The van der Waals surface area contributed by atoms with Gasteiger partial charge in [-0.25, -0.2) is 0 Å². The fourth-order valence-corrected chi connectivity index (χ4v) is 6.28. The Labute approximate surface area is 243 Å². The molecule has 204 valence electrons. The molecule has 1 heterocycles. The number of nitrogens with zero attached hydrogens (tertiary/aromatic N) is 2. The Kier molecular flexibility index (Phi) is 7.49. The zero-order valence-corrected chi connectivity index (χ0v) is 23.1. The third kappa shape index (κ3) is 5.31. The molecule has 0 amide bonds. The van der Waals surface area contributed by atoms with Gasteiger partial charge in [0.05, 0.1) is 27.2 Å². The van der Waals surface area contributed by atoms with Crippen molar-refractivity contribution < 1.29 is 9.72 Å². The summed E-state index contributed by atoms with van der Waals surface area (Å²) in [6, 6.07) is 24.7. The minimum absolute atomic E-state index is 0.0652. The zero-order chi connectivity index (χ0) is 28.3. The van der Waals surface area contributed by atoms with Crippen LogP contribution in [0.5, 0.6) is 0 Å². The van der Waals surface area contributed by atoms with Crippen molar-refractivity contribution >= 4 is 40.7 Å². The van der Waals surface area contributed by atoms with Gasteiger partial charge in [-0.1, -0.05) is 60.1 Å². The summed E-state index contributed by atoms with van der Waals surface area (Å²) in [6.07, 6.45) is 10.5. The first-order valence-electron chi connectivity index (χ1n) is 13.8. The number of carbonyl (C=O) groups excluding carboxylic acids is 1. The Hall–Kier alpha value is -4.55. The van der Waals surface area contributed by atoms with Crippen LogP contribution in [0.1, 0.15) is 51.4 Å². The van der Waals surface area contributed by atoms with Gasteiger partial charge in [0.2, 0.25) is 0 Å². The lowest BCUT2D eigenvalue weighted by Gasteiger charge is -2.32. The number of halogens is 1. The monoisotopic (exact) mass is 561 g/mol. The summed E-state index contributed by atoms with van der Waals surface area (Å²) in [6.45, 7) is 0. The molecule has 6 nitrogen and oxygen atoms in total. The van der Waals surface area contributed by atoms with E-state index in [-0.39, 0.29) is 22.4 Å². The highest BCUT2D eigenvalue weighted by Crippen LogP contribution is 2.45. The van der Waals surface area contributed by atoms with E-state index in [4.69, 9.17) is 11.6 Å². The number of nitro groups is 1. The van der Waals surface area contributed by atoms with E-state index in [1.54, 1.807) is 6.21 Å². The van der Waals surface area contributed by atoms with Crippen LogP contribution in [0.25, 0.3) is 11.1 Å². The first-order valence-corrected chi connectivity index (χ1v) is 14.1. The topological polar surface area (TPSA) is 84.6 Å². The van der Waals surface area contributed by atoms with Gasteiger partial charge in [-0.05, 0) is 89.8 Å². The lowest BCUT2D eigenvalue weighted by molar-refractivity contribution is -0.384. The van der Waals surface area contributed by atoms with Gasteiger partial charge in [-0.15, -0.1) is 0 Å². The molecule has 41 heavy (non-hydrogen) atoms. The minimum atomic E-state index is -0.497. The number of aliphatic imine (C=N–C) groups is 1. The number of nitro benzene ring substituents is 1. The Morgan fingerprint density at radius 3 is 2.59 bits per heavy atom. The van der Waals surface area contributed by atoms with Crippen LogP contribution >= 0.6 is 11.6 Å². The number of para-hydroxylation sites is 2. The summed E-state index contributed by atoms with van der Waals surface area (Å²) in [7, 11) is 0. The number of allylic oxidation sites excluding steroid dienone is 1. The van der Waals surface area contributed by atoms with Crippen molar-refractivity contribution in [2.45, 2.75) is 38.0 Å². The minimum Gasteiger partial charge on any atom is -0.360 e. The summed E-state index contributed by atoms with van der Waals surface area (Å²) in [5.74, 6) is -0.397. The first kappa shape index (κ1) is 26.7. The highest BCUT2D eigenvalue weighted by atomic mass is 35.5. The number of aryl methyl sites for hydroxylation is 1. The second-order valence-electron chi connectivity index (χ2n) is 10.4. The van der Waals surface area contributed by atoms with Crippen molar-refractivity contribution in [3.8, 4) is 11.1 Å². The Balaban J connectivity index is 0.000000229. The Morgan fingerprint density at radius 2 is 1.73 bits per heavy atom. The molecule has 0 saturated carbocycles. The molecule has 1 aliphatic heterocycles. The van der Waals surface area contributed by atoms with Crippen LogP contribution in [0.2, 0.25) is 5.02 Å². The third-order valence-corrected chi connectivity index (χ3v) is 8.25. The van der Waals surface area contributed by atoms with Gasteiger partial charge in [-0.2, -0.15) is 0 Å². The van der Waals surface area contributed by atoms with Crippen LogP contribution in [0.15, 0.2) is 96.1 Å². The number of ketones is 1. The molecular weight excluding hydrogens is 534 g/mol. The normalized spacial score (nSPS) is 16.0. The maximum atomic E-state index is 13.7. The number of anilines is 1. The molecule has 0 fully saturated rings. The average Bonchev–Trinajstić information content (AvgIpc) is 3.26. The third-order valence-electron chi connectivity index (χ3n) is 7.94. The van der Waals surface area contributed by atoms with Gasteiger partial charge in [0.25, 0.3) is 5.69 Å². The number of hydrogen-bond acceptors (Lipinski definition) is 5. The summed E-state index contributed by atoms with van der Waals surface area (Å²) in [4.78, 5) is 28.5. The second kappa shape index (κ2) is 11.5. The number of rotatable bonds is 3. The Morgan fingerprint density at radius 1 is 0.927 bits per heavy atom. The standard InChI is InChI=1S/C25H20ClNO3.C9H8N2/c26-23-14-17(27(29)30)10-12-21(23)25(28)22-13-16-6-2-3-7-18(16)20-11-9-15-5-1-4-8-19(15)24(20)22;1-2-5-9-8(4-1)10-6-3-7-11-9/h2-3,6-7,9-12,14,22H,1,4-5,8,13H2;1-7,10H. The van der Waals surface area contributed by atoms with Gasteiger partial charge in [0.1, 0.15) is 0 Å². The lowest BCUT2D eigenvalue weighted by Crippen LogP contribution is -2.23. The number of non-ortho nitro benzene ring substituents is 1. The molecule has 0 aromatic heterocycles. The summed E-state index contributed by atoms with van der Waals surface area (Å²) in [5.41, 5.74) is 9.54. The van der Waals surface area contributed by atoms with Crippen molar-refractivity contribution in [1.82, 2.24) is 0 Å². The Bertz CT molecular complexity index is 1730. The maximum absolute atomic E-state index is 13.7. The predicted octanol–water partition coefficient (Wildman–Crippen LogP) is 8.64. The number of benzene rings is 4. The number of Topliss-reactive ketones (excluding diaryl/α,β-unsaturated/α-hetero) is 1. The maximum Gasteiger partial charge on any atom is 0.270 e. The zero-order valence-electron chi connectivity index (χ0n) is 22.3.